The van der Waals surface area contributed by atoms with Crippen LogP contribution >= 0.6 is 0 Å². The highest BCUT2D eigenvalue weighted by molar-refractivity contribution is 7.95. The van der Waals surface area contributed by atoms with Crippen molar-refractivity contribution in [2.75, 3.05) is 0 Å². The number of ether oxygens (including phenoxy) is 1. The van der Waals surface area contributed by atoms with E-state index in [0.29, 0.717) is 11.4 Å². The van der Waals surface area contributed by atoms with E-state index in [4.69, 9.17) is 4.74 Å². The van der Waals surface area contributed by atoms with Crippen molar-refractivity contribution in [2.45, 2.75) is 11.8 Å². The van der Waals surface area contributed by atoms with Gasteiger partial charge in [-0.2, -0.15) is 10.2 Å². The minimum absolute atomic E-state index is 0.0528. The fourth-order valence-corrected chi connectivity index (χ4v) is 4.28. The average Bonchev–Trinajstić information content (AvgIpc) is 2.81. The fourth-order valence-electron chi connectivity index (χ4n) is 3.12. The summed E-state index contributed by atoms with van der Waals surface area (Å²) in [5, 5.41) is 9.65. The van der Waals surface area contributed by atoms with Gasteiger partial charge in [0.1, 0.15) is 27.9 Å². The predicted octanol–water partition coefficient (Wildman–Crippen LogP) is 4.13. The van der Waals surface area contributed by atoms with Crippen molar-refractivity contribution < 1.29 is 13.2 Å². The van der Waals surface area contributed by atoms with Gasteiger partial charge in [0, 0.05) is 6.20 Å². The molecule has 0 bridgehead atoms. The summed E-state index contributed by atoms with van der Waals surface area (Å²) in [4.78, 5) is 17.1. The van der Waals surface area contributed by atoms with Gasteiger partial charge >= 0.3 is 0 Å². The Balaban J connectivity index is 1.98. The van der Waals surface area contributed by atoms with E-state index in [1.807, 2.05) is 0 Å². The number of aryl methyl sites for hydroxylation is 1. The first kappa shape index (κ1) is 21.0. The molecule has 0 amide bonds. The summed E-state index contributed by atoms with van der Waals surface area (Å²) in [6.45, 7) is 1.80. The Morgan fingerprint density at radius 2 is 1.69 bits per heavy atom. The Morgan fingerprint density at radius 1 is 1.03 bits per heavy atom. The summed E-state index contributed by atoms with van der Waals surface area (Å²) < 4.78 is 33.1. The number of nitrogens with zero attached hydrogens (tertiary/aromatic N) is 3. The van der Waals surface area contributed by atoms with Crippen LogP contribution in [0.5, 0.6) is 11.6 Å². The zero-order chi connectivity index (χ0) is 22.7. The number of benzene rings is 2. The van der Waals surface area contributed by atoms with Crippen molar-refractivity contribution in [1.29, 1.82) is 5.26 Å². The van der Waals surface area contributed by atoms with E-state index in [2.05, 4.69) is 4.98 Å². The zero-order valence-electron chi connectivity index (χ0n) is 17.0. The summed E-state index contributed by atoms with van der Waals surface area (Å²) >= 11 is 0. The number of nitriles is 1. The normalized spacial score (nSPS) is 11.8. The van der Waals surface area contributed by atoms with Gasteiger partial charge in [-0.15, -0.1) is 0 Å². The molecule has 8 heteroatoms. The van der Waals surface area contributed by atoms with Gasteiger partial charge in [-0.25, -0.2) is 8.42 Å². The van der Waals surface area contributed by atoms with Crippen molar-refractivity contribution in [1.82, 2.24) is 9.38 Å². The van der Waals surface area contributed by atoms with Crippen molar-refractivity contribution in [3.8, 4) is 17.7 Å². The number of rotatable bonds is 5. The van der Waals surface area contributed by atoms with Crippen LogP contribution in [-0.4, -0.2) is 17.8 Å². The van der Waals surface area contributed by atoms with Crippen LogP contribution in [0.1, 0.15) is 11.1 Å². The molecule has 0 saturated carbocycles. The van der Waals surface area contributed by atoms with E-state index in [-0.39, 0.29) is 16.3 Å². The maximum atomic E-state index is 13.3. The van der Waals surface area contributed by atoms with E-state index in [1.165, 1.54) is 22.7 Å². The second-order valence-corrected chi connectivity index (χ2v) is 8.79. The van der Waals surface area contributed by atoms with Crippen LogP contribution in [-0.2, 0) is 9.84 Å². The van der Waals surface area contributed by atoms with Gasteiger partial charge in [0.05, 0.1) is 4.90 Å². The Labute approximate surface area is 184 Å². The van der Waals surface area contributed by atoms with Crippen molar-refractivity contribution in [3.63, 3.8) is 0 Å². The fraction of sp³-hybridized carbons (Fsp3) is 0.0417. The van der Waals surface area contributed by atoms with Crippen LogP contribution in [0.4, 0.5) is 0 Å². The Kier molecular flexibility index (Phi) is 5.58. The lowest BCUT2D eigenvalue weighted by Gasteiger charge is -2.11. The van der Waals surface area contributed by atoms with E-state index in [9.17, 15) is 18.5 Å². The average molecular weight is 443 g/mol. The van der Waals surface area contributed by atoms with Crippen LogP contribution < -0.4 is 10.3 Å². The van der Waals surface area contributed by atoms with E-state index < -0.39 is 20.3 Å². The molecule has 2 aromatic carbocycles. The second-order valence-electron chi connectivity index (χ2n) is 6.87. The molecule has 4 aromatic rings. The molecule has 2 heterocycles. The lowest BCUT2D eigenvalue weighted by molar-refractivity contribution is 0.461. The molecule has 0 fully saturated rings. The van der Waals surface area contributed by atoms with Gasteiger partial charge in [0.25, 0.3) is 5.56 Å². The quantitative estimate of drug-likeness (QED) is 0.430. The predicted molar refractivity (Wildman–Crippen MR) is 120 cm³/mol. The molecule has 7 nitrogen and oxygen atoms in total. The molecule has 0 atom stereocenters. The number of fused-ring (bicyclic) bond motifs is 1. The SMILES string of the molecule is Cc1cccn2c(=O)c(/C=C(/C#N)S(=O)(=O)c3ccccc3)c(Oc3ccccc3)nc12. The maximum absolute atomic E-state index is 13.3. The first-order valence-corrected chi connectivity index (χ1v) is 11.1. The molecule has 32 heavy (non-hydrogen) atoms. The number of pyridine rings is 1. The lowest BCUT2D eigenvalue weighted by Crippen LogP contribution is -2.20. The van der Waals surface area contributed by atoms with E-state index in [0.717, 1.165) is 11.6 Å². The first-order chi connectivity index (χ1) is 15.4. The van der Waals surface area contributed by atoms with E-state index in [1.54, 1.807) is 73.7 Å². The summed E-state index contributed by atoms with van der Waals surface area (Å²) in [5.74, 6) is 0.322. The molecule has 0 spiro atoms. The van der Waals surface area contributed by atoms with Crippen LogP contribution in [0.3, 0.4) is 0 Å². The molecular weight excluding hydrogens is 426 g/mol. The molecule has 0 unspecified atom stereocenters. The van der Waals surface area contributed by atoms with Crippen molar-refractivity contribution in [3.05, 3.63) is 105 Å². The lowest BCUT2D eigenvalue weighted by atomic mass is 10.2. The minimum Gasteiger partial charge on any atom is -0.438 e. The third-order valence-electron chi connectivity index (χ3n) is 4.74. The van der Waals surface area contributed by atoms with Gasteiger partial charge in [0.15, 0.2) is 0 Å². The van der Waals surface area contributed by atoms with Gasteiger partial charge in [-0.3, -0.25) is 9.20 Å². The number of allylic oxidation sites excluding steroid dienone is 1. The second kappa shape index (κ2) is 8.49. The van der Waals surface area contributed by atoms with Gasteiger partial charge < -0.3 is 4.74 Å². The first-order valence-electron chi connectivity index (χ1n) is 9.58. The summed E-state index contributed by atoms with van der Waals surface area (Å²) in [6, 6.07) is 21.4. The third-order valence-corrected chi connectivity index (χ3v) is 6.42. The maximum Gasteiger partial charge on any atom is 0.269 e. The van der Waals surface area contributed by atoms with Crippen LogP contribution in [0, 0.1) is 18.3 Å². The number of sulfone groups is 1. The Hall–Kier alpha value is -4.22. The highest BCUT2D eigenvalue weighted by Crippen LogP contribution is 2.27. The minimum atomic E-state index is -4.15. The molecular formula is C24H17N3O4S. The smallest absolute Gasteiger partial charge is 0.269 e. The number of para-hydroxylation sites is 1. The number of hydrogen-bond donors (Lipinski definition) is 0. The molecule has 0 radical (unpaired) electrons. The highest BCUT2D eigenvalue weighted by Gasteiger charge is 2.23. The largest absolute Gasteiger partial charge is 0.438 e. The van der Waals surface area contributed by atoms with Gasteiger partial charge in [0.2, 0.25) is 15.7 Å². The summed E-state index contributed by atoms with van der Waals surface area (Å²) in [6.07, 6.45) is 2.55. The number of hydrogen-bond acceptors (Lipinski definition) is 6. The Bertz CT molecular complexity index is 1540. The molecule has 0 aliphatic heterocycles. The third kappa shape index (κ3) is 3.89. The summed E-state index contributed by atoms with van der Waals surface area (Å²) in [7, 11) is -4.15. The van der Waals surface area contributed by atoms with Gasteiger partial charge in [-0.05, 0) is 48.9 Å². The topological polar surface area (TPSA) is 102 Å². The molecule has 0 aliphatic carbocycles. The molecule has 0 N–H and O–H groups in total. The highest BCUT2D eigenvalue weighted by atomic mass is 32.2. The summed E-state index contributed by atoms with van der Waals surface area (Å²) in [5.41, 5.74) is 0.397. The molecule has 0 saturated heterocycles. The Morgan fingerprint density at radius 3 is 2.34 bits per heavy atom. The van der Waals surface area contributed by atoms with Crippen LogP contribution in [0.15, 0.2) is 93.6 Å². The molecule has 4 rings (SSSR count). The molecule has 0 aliphatic rings. The number of aromatic nitrogens is 2. The van der Waals surface area contributed by atoms with Crippen LogP contribution in [0.2, 0.25) is 0 Å². The van der Waals surface area contributed by atoms with Gasteiger partial charge in [-0.1, -0.05) is 42.5 Å². The zero-order valence-corrected chi connectivity index (χ0v) is 17.8. The van der Waals surface area contributed by atoms with Crippen molar-refractivity contribution >= 4 is 21.6 Å². The molecule has 158 valence electrons. The van der Waals surface area contributed by atoms with Crippen molar-refractivity contribution in [2.24, 2.45) is 0 Å². The monoisotopic (exact) mass is 443 g/mol. The van der Waals surface area contributed by atoms with Crippen LogP contribution in [0.25, 0.3) is 11.7 Å². The van der Waals surface area contributed by atoms with E-state index >= 15 is 0 Å². The standard InChI is InChI=1S/C24H17N3O4S/c1-17-9-8-14-27-22(17)26-23(31-18-10-4-2-5-11-18)21(24(27)28)15-20(16-25)32(29,30)19-12-6-3-7-13-19/h2-15H,1H3/b20-15-. The molecule has 2 aromatic heterocycles.